The van der Waals surface area contributed by atoms with Crippen LogP contribution in [0, 0.1) is 16.0 Å². The monoisotopic (exact) mass is 562 g/mol. The summed E-state index contributed by atoms with van der Waals surface area (Å²) in [6.07, 6.45) is -0.954. The van der Waals surface area contributed by atoms with Gasteiger partial charge in [0.25, 0.3) is 11.6 Å². The number of sulfonamides is 1. The lowest BCUT2D eigenvalue weighted by Crippen LogP contribution is -2.50. The molecule has 2 atom stereocenters. The molecule has 0 aliphatic heterocycles. The second-order valence-electron chi connectivity index (χ2n) is 9.21. The number of para-hydroxylation sites is 1. The Kier molecular flexibility index (Phi) is 9.55. The highest BCUT2D eigenvalue weighted by atomic mass is 32.2. The van der Waals surface area contributed by atoms with Gasteiger partial charge in [-0.3, -0.25) is 19.7 Å². The molecule has 13 heteroatoms. The van der Waals surface area contributed by atoms with E-state index in [1.807, 2.05) is 38.1 Å². The molecule has 0 aliphatic carbocycles. The Balaban J connectivity index is 1.62. The van der Waals surface area contributed by atoms with Crippen LogP contribution in [0.25, 0.3) is 10.1 Å². The number of amides is 2. The first-order valence-electron chi connectivity index (χ1n) is 11.8. The summed E-state index contributed by atoms with van der Waals surface area (Å²) in [5.74, 6) is -0.824. The summed E-state index contributed by atoms with van der Waals surface area (Å²) in [4.78, 5) is 36.2. The van der Waals surface area contributed by atoms with E-state index in [1.54, 1.807) is 6.07 Å². The number of nitro benzene ring substituents is 1. The molecule has 0 spiro atoms. The zero-order valence-electron chi connectivity index (χ0n) is 21.2. The lowest BCUT2D eigenvalue weighted by molar-refractivity contribution is -0.387. The first-order valence-corrected chi connectivity index (χ1v) is 14.1. The van der Waals surface area contributed by atoms with Crippen molar-refractivity contribution in [3.63, 3.8) is 0 Å². The average Bonchev–Trinajstić information content (AvgIpc) is 3.31. The molecule has 38 heavy (non-hydrogen) atoms. The minimum absolute atomic E-state index is 0.0799. The lowest BCUT2D eigenvalue weighted by atomic mass is 10.0. The standard InChI is InChI=1S/C25H30N4O7S2/c1-16(2)12-19(27-25(32)22-13-17-8-4-6-10-21(17)37-22)24(31)26-14-18(30)15-28(3)38(35,36)23-11-7-5-9-20(23)29(33)34/h4-11,13,16,18-19,30H,12,14-15H2,1-3H3,(H,26,31)(H,27,32)/t18-,19+/m1/s1. The predicted molar refractivity (Wildman–Crippen MR) is 144 cm³/mol. The molecular formula is C25H30N4O7S2. The molecule has 0 saturated heterocycles. The molecule has 0 radical (unpaired) electrons. The molecule has 0 fully saturated rings. The number of likely N-dealkylation sites (N-methyl/N-ethyl adjacent to an activating group) is 1. The van der Waals surface area contributed by atoms with Crippen LogP contribution in [-0.4, -0.2) is 66.9 Å². The zero-order valence-corrected chi connectivity index (χ0v) is 22.8. The molecule has 0 unspecified atom stereocenters. The summed E-state index contributed by atoms with van der Waals surface area (Å²) in [5.41, 5.74) is -0.576. The average molecular weight is 563 g/mol. The van der Waals surface area contributed by atoms with Gasteiger partial charge in [0, 0.05) is 30.9 Å². The molecule has 2 aromatic carbocycles. The van der Waals surface area contributed by atoms with Gasteiger partial charge in [0.1, 0.15) is 6.04 Å². The van der Waals surface area contributed by atoms with Crippen LogP contribution in [-0.2, 0) is 14.8 Å². The third kappa shape index (κ3) is 7.13. The highest BCUT2D eigenvalue weighted by Gasteiger charge is 2.30. The molecule has 0 bridgehead atoms. The normalized spacial score (nSPS) is 13.4. The second-order valence-corrected chi connectivity index (χ2v) is 12.3. The number of carbonyl (C=O) groups excluding carboxylic acids is 2. The van der Waals surface area contributed by atoms with Crippen molar-refractivity contribution in [1.82, 2.24) is 14.9 Å². The van der Waals surface area contributed by atoms with Gasteiger partial charge in [0.05, 0.1) is 15.9 Å². The van der Waals surface area contributed by atoms with Gasteiger partial charge in [-0.2, -0.15) is 4.31 Å². The summed E-state index contributed by atoms with van der Waals surface area (Å²) < 4.78 is 27.5. The van der Waals surface area contributed by atoms with Crippen LogP contribution in [0.4, 0.5) is 5.69 Å². The van der Waals surface area contributed by atoms with Crippen LogP contribution >= 0.6 is 11.3 Å². The Morgan fingerprint density at radius 1 is 1.13 bits per heavy atom. The predicted octanol–water partition coefficient (Wildman–Crippen LogP) is 2.75. The van der Waals surface area contributed by atoms with Gasteiger partial charge in [-0.15, -0.1) is 11.3 Å². The molecule has 3 rings (SSSR count). The molecule has 204 valence electrons. The Hall–Kier alpha value is -3.39. The number of aliphatic hydroxyl groups excluding tert-OH is 1. The fourth-order valence-corrected chi connectivity index (χ4v) is 6.15. The Bertz CT molecular complexity index is 1390. The Morgan fingerprint density at radius 2 is 1.79 bits per heavy atom. The van der Waals surface area contributed by atoms with Crippen LogP contribution in [0.1, 0.15) is 29.9 Å². The van der Waals surface area contributed by atoms with Crippen LogP contribution in [0.2, 0.25) is 0 Å². The Morgan fingerprint density at radius 3 is 2.45 bits per heavy atom. The van der Waals surface area contributed by atoms with E-state index in [-0.39, 0.29) is 18.4 Å². The first kappa shape index (κ1) is 29.2. The molecule has 0 aliphatic rings. The quantitative estimate of drug-likeness (QED) is 0.226. The molecule has 1 aromatic heterocycles. The third-order valence-electron chi connectivity index (χ3n) is 5.71. The van der Waals surface area contributed by atoms with Gasteiger partial charge in [-0.25, -0.2) is 8.42 Å². The van der Waals surface area contributed by atoms with Gasteiger partial charge in [-0.1, -0.05) is 44.2 Å². The number of nitrogens with zero attached hydrogens (tertiary/aromatic N) is 2. The van der Waals surface area contributed by atoms with Crippen molar-refractivity contribution in [2.24, 2.45) is 5.92 Å². The maximum absolute atomic E-state index is 12.9. The largest absolute Gasteiger partial charge is 0.390 e. The molecule has 11 nitrogen and oxygen atoms in total. The van der Waals surface area contributed by atoms with Crippen LogP contribution in [0.3, 0.4) is 0 Å². The smallest absolute Gasteiger partial charge is 0.289 e. The number of nitrogens with one attached hydrogen (secondary N) is 2. The number of hydrogen-bond acceptors (Lipinski definition) is 8. The first-order chi connectivity index (χ1) is 17.9. The molecule has 2 amide bonds. The fourth-order valence-electron chi connectivity index (χ4n) is 3.82. The number of carbonyl (C=O) groups is 2. The summed E-state index contributed by atoms with van der Waals surface area (Å²) in [5, 5.41) is 27.9. The number of fused-ring (bicyclic) bond motifs is 1. The van der Waals surface area contributed by atoms with Crippen molar-refractivity contribution in [3.05, 3.63) is 69.6 Å². The summed E-state index contributed by atoms with van der Waals surface area (Å²) in [6.45, 7) is 3.10. The molecule has 3 N–H and O–H groups in total. The number of aliphatic hydroxyl groups is 1. The van der Waals surface area contributed by atoms with E-state index in [9.17, 15) is 33.2 Å². The minimum Gasteiger partial charge on any atom is -0.390 e. The van der Waals surface area contributed by atoms with E-state index in [0.29, 0.717) is 11.3 Å². The van der Waals surface area contributed by atoms with Crippen LogP contribution in [0.15, 0.2) is 59.5 Å². The second kappa shape index (κ2) is 12.4. The lowest BCUT2D eigenvalue weighted by Gasteiger charge is -2.23. The summed E-state index contributed by atoms with van der Waals surface area (Å²) >= 11 is 1.32. The van der Waals surface area contributed by atoms with Gasteiger partial charge in [0.15, 0.2) is 4.90 Å². The molecule has 0 saturated carbocycles. The number of rotatable bonds is 12. The fraction of sp³-hybridized carbons (Fsp3) is 0.360. The molecule has 1 heterocycles. The number of hydrogen-bond donors (Lipinski definition) is 3. The molecule has 3 aromatic rings. The van der Waals surface area contributed by atoms with Crippen molar-refractivity contribution in [2.45, 2.75) is 37.3 Å². The number of thiophene rings is 1. The van der Waals surface area contributed by atoms with E-state index in [4.69, 9.17) is 0 Å². The third-order valence-corrected chi connectivity index (χ3v) is 8.69. The van der Waals surface area contributed by atoms with Crippen molar-refractivity contribution < 1.29 is 28.0 Å². The number of benzene rings is 2. The van der Waals surface area contributed by atoms with Crippen molar-refractivity contribution in [2.75, 3.05) is 20.1 Å². The summed E-state index contributed by atoms with van der Waals surface area (Å²) in [7, 11) is -3.09. The topological polar surface area (TPSA) is 159 Å². The van der Waals surface area contributed by atoms with Crippen molar-refractivity contribution in [1.29, 1.82) is 0 Å². The van der Waals surface area contributed by atoms with Crippen LogP contribution < -0.4 is 10.6 Å². The van der Waals surface area contributed by atoms with Gasteiger partial charge < -0.3 is 15.7 Å². The maximum Gasteiger partial charge on any atom is 0.289 e. The highest BCUT2D eigenvalue weighted by molar-refractivity contribution is 7.89. The number of nitro groups is 1. The van der Waals surface area contributed by atoms with E-state index in [1.165, 1.54) is 30.5 Å². The SMILES string of the molecule is CC(C)C[C@H](NC(=O)c1cc2ccccc2s1)C(=O)NC[C@@H](O)CN(C)S(=O)(=O)c1ccccc1[N+](=O)[O-]. The van der Waals surface area contributed by atoms with Crippen LogP contribution in [0.5, 0.6) is 0 Å². The van der Waals surface area contributed by atoms with Gasteiger partial charge in [0.2, 0.25) is 15.9 Å². The van der Waals surface area contributed by atoms with Crippen molar-refractivity contribution >= 4 is 48.9 Å². The van der Waals surface area contributed by atoms with E-state index in [2.05, 4.69) is 10.6 Å². The minimum atomic E-state index is -4.28. The van der Waals surface area contributed by atoms with E-state index in [0.717, 1.165) is 26.5 Å². The molecular weight excluding hydrogens is 532 g/mol. The van der Waals surface area contributed by atoms with E-state index >= 15 is 0 Å². The summed E-state index contributed by atoms with van der Waals surface area (Å²) in [6, 6.07) is 13.4. The van der Waals surface area contributed by atoms with E-state index < -0.39 is 50.1 Å². The highest BCUT2D eigenvalue weighted by Crippen LogP contribution is 2.26. The van der Waals surface area contributed by atoms with Crippen molar-refractivity contribution in [3.8, 4) is 0 Å². The maximum atomic E-state index is 12.9. The van der Waals surface area contributed by atoms with Gasteiger partial charge in [-0.05, 0) is 35.9 Å². The zero-order chi connectivity index (χ0) is 28.0. The Labute approximate surface area is 224 Å². The van der Waals surface area contributed by atoms with Gasteiger partial charge >= 0.3 is 0 Å².